The first-order valence-corrected chi connectivity index (χ1v) is 8.37. The van der Waals surface area contributed by atoms with Crippen LogP contribution in [0, 0.1) is 6.92 Å². The highest BCUT2D eigenvalue weighted by Crippen LogP contribution is 2.45. The van der Waals surface area contributed by atoms with Crippen LogP contribution in [-0.4, -0.2) is 4.98 Å². The molecule has 2 aliphatic carbocycles. The Morgan fingerprint density at radius 2 is 1.88 bits per heavy atom. The van der Waals surface area contributed by atoms with Crippen LogP contribution in [0.15, 0.2) is 78.5 Å². The molecule has 114 valence electrons. The van der Waals surface area contributed by atoms with E-state index in [1.807, 2.05) is 12.3 Å². The van der Waals surface area contributed by atoms with Crippen LogP contribution < -0.4 is 0 Å². The number of hydrogen-bond acceptors (Lipinski definition) is 1. The highest BCUT2D eigenvalue weighted by Gasteiger charge is 2.26. The van der Waals surface area contributed by atoms with Gasteiger partial charge in [-0.3, -0.25) is 4.98 Å². The average Bonchev–Trinajstić information content (AvgIpc) is 3.00. The second-order valence-electron chi connectivity index (χ2n) is 6.51. The zero-order valence-electron chi connectivity index (χ0n) is 13.5. The fourth-order valence-corrected chi connectivity index (χ4v) is 3.98. The van der Waals surface area contributed by atoms with Crippen molar-refractivity contribution in [2.24, 2.45) is 0 Å². The summed E-state index contributed by atoms with van der Waals surface area (Å²) >= 11 is 0. The van der Waals surface area contributed by atoms with Crippen LogP contribution in [0.4, 0.5) is 0 Å². The van der Waals surface area contributed by atoms with Crippen LogP contribution >= 0.6 is 0 Å². The fraction of sp³-hybridized carbons (Fsp3) is 0.0870. The molecule has 0 spiro atoms. The molecule has 1 heterocycles. The van der Waals surface area contributed by atoms with Gasteiger partial charge in [-0.1, -0.05) is 60.7 Å². The van der Waals surface area contributed by atoms with Crippen LogP contribution in [-0.2, 0) is 0 Å². The van der Waals surface area contributed by atoms with Crippen molar-refractivity contribution in [1.82, 2.24) is 4.98 Å². The van der Waals surface area contributed by atoms with Crippen LogP contribution in [0.2, 0.25) is 0 Å². The summed E-state index contributed by atoms with van der Waals surface area (Å²) in [4.78, 5) is 4.67. The Labute approximate surface area is 141 Å². The Morgan fingerprint density at radius 1 is 0.958 bits per heavy atom. The van der Waals surface area contributed by atoms with E-state index in [4.69, 9.17) is 0 Å². The van der Waals surface area contributed by atoms with Gasteiger partial charge in [-0.15, -0.1) is 0 Å². The van der Waals surface area contributed by atoms with Gasteiger partial charge in [0.25, 0.3) is 0 Å². The molecule has 1 unspecified atom stereocenters. The highest BCUT2D eigenvalue weighted by molar-refractivity contribution is 5.98. The maximum absolute atomic E-state index is 4.67. The van der Waals surface area contributed by atoms with Gasteiger partial charge in [0.05, 0.1) is 5.52 Å². The number of aromatic nitrogens is 1. The molecule has 1 aromatic heterocycles. The average molecular weight is 307 g/mol. The second-order valence-corrected chi connectivity index (χ2v) is 6.51. The number of fused-ring (bicyclic) bond motifs is 4. The molecule has 1 nitrogen and oxygen atoms in total. The normalized spacial score (nSPS) is 17.7. The summed E-state index contributed by atoms with van der Waals surface area (Å²) in [5, 5.41) is 1.19. The molecular formula is C23H17N. The van der Waals surface area contributed by atoms with E-state index in [-0.39, 0.29) is 0 Å². The third-order valence-corrected chi connectivity index (χ3v) is 5.10. The van der Waals surface area contributed by atoms with Gasteiger partial charge in [0.15, 0.2) is 0 Å². The third-order valence-electron chi connectivity index (χ3n) is 5.10. The van der Waals surface area contributed by atoms with E-state index in [0.29, 0.717) is 5.92 Å². The molecule has 5 rings (SSSR count). The van der Waals surface area contributed by atoms with Crippen molar-refractivity contribution in [3.05, 3.63) is 95.2 Å². The van der Waals surface area contributed by atoms with Gasteiger partial charge in [-0.05, 0) is 46.9 Å². The smallest absolute Gasteiger partial charge is 0.0780 e. The Hall–Kier alpha value is -2.93. The Morgan fingerprint density at radius 3 is 2.83 bits per heavy atom. The molecule has 0 N–H and O–H groups in total. The van der Waals surface area contributed by atoms with Gasteiger partial charge in [0.2, 0.25) is 0 Å². The van der Waals surface area contributed by atoms with Crippen molar-refractivity contribution >= 4 is 17.0 Å². The van der Waals surface area contributed by atoms with Crippen LogP contribution in [0.5, 0.6) is 0 Å². The van der Waals surface area contributed by atoms with E-state index in [1.165, 1.54) is 38.8 Å². The fourth-order valence-electron chi connectivity index (χ4n) is 3.98. The molecule has 0 radical (unpaired) electrons. The van der Waals surface area contributed by atoms with Crippen molar-refractivity contribution in [2.75, 3.05) is 0 Å². The summed E-state index contributed by atoms with van der Waals surface area (Å²) in [6.07, 6.45) is 13.0. The molecule has 2 aromatic carbocycles. The van der Waals surface area contributed by atoms with Gasteiger partial charge in [0, 0.05) is 23.1 Å². The number of pyridine rings is 1. The van der Waals surface area contributed by atoms with Crippen LogP contribution in [0.3, 0.4) is 0 Å². The highest BCUT2D eigenvalue weighted by atomic mass is 14.6. The first kappa shape index (κ1) is 13.5. The molecule has 1 atom stereocenters. The molecule has 0 bridgehead atoms. The topological polar surface area (TPSA) is 12.9 Å². The minimum absolute atomic E-state index is 0.396. The maximum Gasteiger partial charge on any atom is 0.0780 e. The minimum Gasteiger partial charge on any atom is -0.256 e. The van der Waals surface area contributed by atoms with Gasteiger partial charge >= 0.3 is 0 Å². The lowest BCUT2D eigenvalue weighted by Gasteiger charge is -2.16. The van der Waals surface area contributed by atoms with E-state index in [2.05, 4.69) is 78.7 Å². The summed E-state index contributed by atoms with van der Waals surface area (Å²) in [5.74, 6) is 0.396. The van der Waals surface area contributed by atoms with Crippen molar-refractivity contribution in [3.63, 3.8) is 0 Å². The van der Waals surface area contributed by atoms with E-state index in [9.17, 15) is 0 Å². The quantitative estimate of drug-likeness (QED) is 0.552. The number of aryl methyl sites for hydroxylation is 1. The molecule has 0 fully saturated rings. The summed E-state index contributed by atoms with van der Waals surface area (Å²) < 4.78 is 0. The minimum atomic E-state index is 0.396. The summed E-state index contributed by atoms with van der Waals surface area (Å²) in [7, 11) is 0. The number of allylic oxidation sites excluding steroid dienone is 5. The van der Waals surface area contributed by atoms with Crippen molar-refractivity contribution < 1.29 is 0 Å². The Bertz CT molecular complexity index is 1060. The van der Waals surface area contributed by atoms with E-state index in [1.54, 1.807) is 0 Å². The van der Waals surface area contributed by atoms with Crippen LogP contribution in [0.1, 0.15) is 22.6 Å². The molecule has 0 amide bonds. The number of hydrogen-bond donors (Lipinski definition) is 0. The predicted molar refractivity (Wildman–Crippen MR) is 101 cm³/mol. The third kappa shape index (κ3) is 1.85. The number of nitrogens with zero attached hydrogens (tertiary/aromatic N) is 1. The van der Waals surface area contributed by atoms with Crippen molar-refractivity contribution in [2.45, 2.75) is 12.8 Å². The first-order chi connectivity index (χ1) is 11.8. The van der Waals surface area contributed by atoms with E-state index in [0.717, 1.165) is 5.52 Å². The van der Waals surface area contributed by atoms with Gasteiger partial charge in [-0.2, -0.15) is 0 Å². The number of benzene rings is 2. The maximum atomic E-state index is 4.67. The zero-order valence-corrected chi connectivity index (χ0v) is 13.5. The lowest BCUT2D eigenvalue weighted by Crippen LogP contribution is -1.98. The lowest BCUT2D eigenvalue weighted by atomic mass is 9.88. The van der Waals surface area contributed by atoms with Gasteiger partial charge in [0.1, 0.15) is 0 Å². The molecule has 2 aliphatic rings. The molecule has 0 aliphatic heterocycles. The van der Waals surface area contributed by atoms with Gasteiger partial charge < -0.3 is 0 Å². The SMILES string of the molecule is Cc1ccc2c(c1-c1cccc3cccnc13)C=C1C=CC=CC12. The van der Waals surface area contributed by atoms with Crippen LogP contribution in [0.25, 0.3) is 28.1 Å². The monoisotopic (exact) mass is 307 g/mol. The molecular weight excluding hydrogens is 290 g/mol. The van der Waals surface area contributed by atoms with Gasteiger partial charge in [-0.25, -0.2) is 0 Å². The largest absolute Gasteiger partial charge is 0.256 e. The zero-order chi connectivity index (χ0) is 16.1. The first-order valence-electron chi connectivity index (χ1n) is 8.37. The predicted octanol–water partition coefficient (Wildman–Crippen LogP) is 5.82. The lowest BCUT2D eigenvalue weighted by molar-refractivity contribution is 1.05. The molecule has 0 saturated carbocycles. The summed E-state index contributed by atoms with van der Waals surface area (Å²) in [6.45, 7) is 2.20. The molecule has 1 heteroatoms. The Balaban J connectivity index is 1.84. The Kier molecular flexibility index (Phi) is 2.83. The molecule has 3 aromatic rings. The molecule has 24 heavy (non-hydrogen) atoms. The summed E-state index contributed by atoms with van der Waals surface area (Å²) in [6, 6.07) is 15.1. The molecule has 0 saturated heterocycles. The summed E-state index contributed by atoms with van der Waals surface area (Å²) in [5.41, 5.74) is 9.06. The van der Waals surface area contributed by atoms with Crippen molar-refractivity contribution in [3.8, 4) is 11.1 Å². The number of rotatable bonds is 1. The van der Waals surface area contributed by atoms with Crippen molar-refractivity contribution in [1.29, 1.82) is 0 Å². The number of para-hydroxylation sites is 1. The second kappa shape index (κ2) is 5.04. The van der Waals surface area contributed by atoms with E-state index < -0.39 is 0 Å². The van der Waals surface area contributed by atoms with E-state index >= 15 is 0 Å². The standard InChI is InChI=1S/C23H17N/c1-15-11-12-19-18-9-3-2-6-17(18)14-21(19)22(15)20-10-4-7-16-8-5-13-24-23(16)20/h2-14,18H,1H3.